The van der Waals surface area contributed by atoms with Gasteiger partial charge in [0.05, 0.1) is 48.7 Å². The van der Waals surface area contributed by atoms with Crippen LogP contribution >= 0.6 is 0 Å². The van der Waals surface area contributed by atoms with E-state index in [1.807, 2.05) is 56.0 Å². The Bertz CT molecular complexity index is 1560. The Hall–Kier alpha value is -3.95. The van der Waals surface area contributed by atoms with Crippen LogP contribution in [-0.4, -0.2) is 124 Å². The Labute approximate surface area is 325 Å². The van der Waals surface area contributed by atoms with Gasteiger partial charge in [0, 0.05) is 40.3 Å². The molecule has 0 spiro atoms. The van der Waals surface area contributed by atoms with Gasteiger partial charge in [-0.2, -0.15) is 5.21 Å². The molecule has 2 bridgehead atoms. The molecular formula is C40H63N9O6. The van der Waals surface area contributed by atoms with Crippen LogP contribution in [0.25, 0.3) is 0 Å². The predicted molar refractivity (Wildman–Crippen MR) is 206 cm³/mol. The topological polar surface area (TPSA) is 184 Å². The number of nitrogens with one attached hydrogen (secondary N) is 4. The molecule has 0 unspecified atom stereocenters. The van der Waals surface area contributed by atoms with Crippen molar-refractivity contribution in [2.45, 2.75) is 134 Å². The van der Waals surface area contributed by atoms with Crippen LogP contribution in [0.3, 0.4) is 0 Å². The van der Waals surface area contributed by atoms with E-state index in [1.54, 1.807) is 26.2 Å². The van der Waals surface area contributed by atoms with Gasteiger partial charge in [0.1, 0.15) is 6.04 Å². The lowest BCUT2D eigenvalue weighted by molar-refractivity contribution is -0.147. The normalized spacial score (nSPS) is 24.5. The highest BCUT2D eigenvalue weighted by molar-refractivity contribution is 5.90. The standard InChI is InChI=1S/C40H63N9O6/c1-9-24(4)35(48(6)40(53)33(23(2)3)43-39(52)34-27-17-18-28(21-27)41-34)31(54-7)22-32(50)49-19-13-16-30(49)36(55-8)25(5)38(51)42-29(37-44-46-47-45-37)20-26-14-11-10-12-15-26/h10-12,14-15,23-25,27-31,33-36,41H,9,13,16-22H2,1-8H3,(H,42,51)(H,43,52)(H,44,45,46,47)/t24-,25+,27-,28+,29-,30-,31+,33-,34-,35-,36+/m0/s1. The number of tetrazole rings is 1. The Morgan fingerprint density at radius 3 is 2.35 bits per heavy atom. The maximum absolute atomic E-state index is 14.3. The quantitative estimate of drug-likeness (QED) is 0.166. The third-order valence-corrected chi connectivity index (χ3v) is 12.4. The number of hydrogen-bond acceptors (Lipinski definition) is 10. The number of amides is 4. The summed E-state index contributed by atoms with van der Waals surface area (Å²) in [7, 11) is 4.91. The van der Waals surface area contributed by atoms with Gasteiger partial charge in [-0.15, -0.1) is 10.2 Å². The van der Waals surface area contributed by atoms with Gasteiger partial charge in [-0.25, -0.2) is 0 Å². The van der Waals surface area contributed by atoms with E-state index in [1.165, 1.54) is 0 Å². The number of nitrogens with zero attached hydrogens (tertiary/aromatic N) is 5. The molecule has 3 aliphatic rings. The minimum Gasteiger partial charge on any atom is -0.379 e. The number of carbonyl (C=O) groups is 4. The summed E-state index contributed by atoms with van der Waals surface area (Å²) in [6.07, 6.45) is 4.65. The number of carbonyl (C=O) groups excluding carboxylic acids is 4. The molecule has 0 radical (unpaired) electrons. The first-order chi connectivity index (χ1) is 26.4. The molecule has 1 aliphatic carbocycles. The highest BCUT2D eigenvalue weighted by atomic mass is 16.5. The van der Waals surface area contributed by atoms with E-state index in [2.05, 4.69) is 50.4 Å². The molecule has 15 nitrogen and oxygen atoms in total. The molecule has 2 aromatic rings. The van der Waals surface area contributed by atoms with Gasteiger partial charge in [-0.1, -0.05) is 76.6 Å². The summed E-state index contributed by atoms with van der Waals surface area (Å²) >= 11 is 0. The van der Waals surface area contributed by atoms with Crippen molar-refractivity contribution in [1.82, 2.24) is 46.4 Å². The summed E-state index contributed by atoms with van der Waals surface area (Å²) < 4.78 is 12.1. The maximum Gasteiger partial charge on any atom is 0.245 e. The lowest BCUT2D eigenvalue weighted by Gasteiger charge is -2.41. The van der Waals surface area contributed by atoms with Crippen LogP contribution in [0.15, 0.2) is 30.3 Å². The van der Waals surface area contributed by atoms with E-state index in [9.17, 15) is 19.2 Å². The van der Waals surface area contributed by atoms with Crippen molar-refractivity contribution in [3.8, 4) is 0 Å². The number of aromatic amines is 1. The Morgan fingerprint density at radius 1 is 1.02 bits per heavy atom. The van der Waals surface area contributed by atoms with E-state index >= 15 is 0 Å². The van der Waals surface area contributed by atoms with E-state index in [4.69, 9.17) is 9.47 Å². The molecule has 304 valence electrons. The zero-order valence-electron chi connectivity index (χ0n) is 33.9. The number of aromatic nitrogens is 4. The van der Waals surface area contributed by atoms with Gasteiger partial charge in [-0.3, -0.25) is 19.2 Å². The number of ether oxygens (including phenoxy) is 2. The Morgan fingerprint density at radius 2 is 1.76 bits per heavy atom. The number of fused-ring (bicyclic) bond motifs is 2. The molecule has 3 heterocycles. The number of methoxy groups -OCH3 is 2. The van der Waals surface area contributed by atoms with E-state index < -0.39 is 36.3 Å². The zero-order chi connectivity index (χ0) is 39.8. The summed E-state index contributed by atoms with van der Waals surface area (Å²) in [4.78, 5) is 59.3. The summed E-state index contributed by atoms with van der Waals surface area (Å²) in [6.45, 7) is 10.3. The second-order valence-corrected chi connectivity index (χ2v) is 16.3. The van der Waals surface area contributed by atoms with Gasteiger partial charge < -0.3 is 35.2 Å². The molecule has 1 aromatic carbocycles. The van der Waals surface area contributed by atoms with Crippen LogP contribution < -0.4 is 16.0 Å². The minimum atomic E-state index is -0.719. The average Bonchev–Trinajstić information content (AvgIpc) is 4.03. The number of hydrogen-bond donors (Lipinski definition) is 4. The van der Waals surface area contributed by atoms with Crippen molar-refractivity contribution >= 4 is 23.6 Å². The van der Waals surface area contributed by atoms with Crippen LogP contribution in [0.4, 0.5) is 0 Å². The van der Waals surface area contributed by atoms with Gasteiger partial charge in [0.25, 0.3) is 0 Å². The molecule has 2 aliphatic heterocycles. The number of likely N-dealkylation sites (N-methyl/N-ethyl adjacent to an activating group) is 1. The van der Waals surface area contributed by atoms with Crippen molar-refractivity contribution in [3.63, 3.8) is 0 Å². The Kier molecular flexibility index (Phi) is 14.8. The van der Waals surface area contributed by atoms with Gasteiger partial charge in [-0.05, 0) is 55.4 Å². The fourth-order valence-corrected chi connectivity index (χ4v) is 9.11. The SMILES string of the molecule is CC[C@H](C)[C@@H]([C@@H](CC(=O)N1CCC[C@H]1[C@H](OC)[C@@H](C)C(=O)N[C@@H](Cc1ccccc1)c1nn[nH]n1)OC)N(C)C(=O)[C@@H](NC(=O)[C@H]1N[C@@H]2CC[C@H]1C2)C(C)C. The van der Waals surface area contributed by atoms with Crippen molar-refractivity contribution in [3.05, 3.63) is 41.7 Å². The van der Waals surface area contributed by atoms with Crippen molar-refractivity contribution in [2.24, 2.45) is 23.7 Å². The van der Waals surface area contributed by atoms with E-state index in [-0.39, 0.29) is 54.0 Å². The smallest absolute Gasteiger partial charge is 0.245 e. The highest BCUT2D eigenvalue weighted by Gasteiger charge is 2.46. The summed E-state index contributed by atoms with van der Waals surface area (Å²) in [5, 5.41) is 24.1. The molecule has 1 saturated carbocycles. The van der Waals surface area contributed by atoms with E-state index in [0.29, 0.717) is 37.2 Å². The molecule has 11 atom stereocenters. The summed E-state index contributed by atoms with van der Waals surface area (Å²) in [5.74, 6) is -0.763. The Balaban J connectivity index is 1.26. The molecule has 4 N–H and O–H groups in total. The third-order valence-electron chi connectivity index (χ3n) is 12.4. The number of piperidine rings is 1. The summed E-state index contributed by atoms with van der Waals surface area (Å²) in [6, 6.07) is 7.87. The van der Waals surface area contributed by atoms with Crippen molar-refractivity contribution < 1.29 is 28.7 Å². The number of H-pyrrole nitrogens is 1. The molecule has 4 amide bonds. The second-order valence-electron chi connectivity index (χ2n) is 16.3. The minimum absolute atomic E-state index is 0.00435. The monoisotopic (exact) mass is 765 g/mol. The van der Waals surface area contributed by atoms with Gasteiger partial charge in [0.2, 0.25) is 23.6 Å². The molecule has 55 heavy (non-hydrogen) atoms. The largest absolute Gasteiger partial charge is 0.379 e. The third kappa shape index (κ3) is 9.90. The molecule has 15 heteroatoms. The first-order valence-corrected chi connectivity index (χ1v) is 20.1. The van der Waals surface area contributed by atoms with Crippen LogP contribution in [0.2, 0.25) is 0 Å². The lowest BCUT2D eigenvalue weighted by Crippen LogP contribution is -2.59. The molecule has 2 saturated heterocycles. The van der Waals surface area contributed by atoms with Crippen molar-refractivity contribution in [2.75, 3.05) is 27.8 Å². The van der Waals surface area contributed by atoms with Crippen LogP contribution in [0.5, 0.6) is 0 Å². The molecular weight excluding hydrogens is 702 g/mol. The molecule has 1 aromatic heterocycles. The van der Waals surface area contributed by atoms with Crippen molar-refractivity contribution in [1.29, 1.82) is 0 Å². The first-order valence-electron chi connectivity index (χ1n) is 20.1. The van der Waals surface area contributed by atoms with Crippen LogP contribution in [0, 0.1) is 23.7 Å². The summed E-state index contributed by atoms with van der Waals surface area (Å²) in [5.41, 5.74) is 1.01. The predicted octanol–water partition coefficient (Wildman–Crippen LogP) is 2.80. The first kappa shape index (κ1) is 42.2. The zero-order valence-corrected chi connectivity index (χ0v) is 33.9. The molecule has 3 fully saturated rings. The molecule has 5 rings (SSSR count). The van der Waals surface area contributed by atoms with Gasteiger partial charge >= 0.3 is 0 Å². The van der Waals surface area contributed by atoms with E-state index in [0.717, 1.165) is 37.7 Å². The van der Waals surface area contributed by atoms with Crippen LogP contribution in [0.1, 0.15) is 97.0 Å². The lowest BCUT2D eigenvalue weighted by atomic mass is 9.89. The fourth-order valence-electron chi connectivity index (χ4n) is 9.11. The highest BCUT2D eigenvalue weighted by Crippen LogP contribution is 2.35. The number of rotatable bonds is 19. The number of likely N-dealkylation sites (tertiary alicyclic amines) is 1. The maximum atomic E-state index is 14.3. The average molecular weight is 766 g/mol. The fraction of sp³-hybridized carbons (Fsp3) is 0.725. The van der Waals surface area contributed by atoms with Crippen LogP contribution in [-0.2, 0) is 35.1 Å². The number of benzene rings is 1. The van der Waals surface area contributed by atoms with Gasteiger partial charge in [0.15, 0.2) is 5.82 Å². The second kappa shape index (κ2) is 19.3.